The molecule has 0 aromatic carbocycles. The van der Waals surface area contributed by atoms with Crippen LogP contribution in [0.15, 0.2) is 0 Å². The molecule has 0 bridgehead atoms. The van der Waals surface area contributed by atoms with E-state index >= 15 is 0 Å². The van der Waals surface area contributed by atoms with Crippen molar-refractivity contribution in [1.29, 1.82) is 0 Å². The van der Waals surface area contributed by atoms with Gasteiger partial charge in [0.25, 0.3) is 0 Å². The maximum atomic E-state index is 12.3. The summed E-state index contributed by atoms with van der Waals surface area (Å²) in [5, 5.41) is 12.3. The first kappa shape index (κ1) is 14.3. The van der Waals surface area contributed by atoms with E-state index in [1.807, 2.05) is 0 Å². The number of carboxylic acids is 1. The van der Waals surface area contributed by atoms with Gasteiger partial charge in [0, 0.05) is 12.5 Å². The Bertz CT molecular complexity index is 336. The van der Waals surface area contributed by atoms with E-state index < -0.39 is 5.97 Å². The van der Waals surface area contributed by atoms with Gasteiger partial charge in [-0.2, -0.15) is 0 Å². The molecular formula is C14H24N2O3. The normalized spacial score (nSPS) is 24.8. The lowest BCUT2D eigenvalue weighted by Crippen LogP contribution is -2.40. The van der Waals surface area contributed by atoms with E-state index in [0.717, 1.165) is 25.9 Å². The topological polar surface area (TPSA) is 69.6 Å². The SMILES string of the molecule is CC(CC(=O)N(CC(=O)O)C1CC1)C1CCCNC1. The quantitative estimate of drug-likeness (QED) is 0.756. The molecule has 0 spiro atoms. The second kappa shape index (κ2) is 6.37. The molecule has 1 saturated carbocycles. The van der Waals surface area contributed by atoms with E-state index in [1.165, 1.54) is 12.8 Å². The third-order valence-electron chi connectivity index (χ3n) is 4.25. The Kier molecular flexibility index (Phi) is 4.80. The number of amides is 1. The van der Waals surface area contributed by atoms with Crippen LogP contribution in [0.2, 0.25) is 0 Å². The Hall–Kier alpha value is -1.10. The van der Waals surface area contributed by atoms with E-state index in [2.05, 4.69) is 12.2 Å². The van der Waals surface area contributed by atoms with Crippen molar-refractivity contribution in [3.63, 3.8) is 0 Å². The minimum atomic E-state index is -0.910. The van der Waals surface area contributed by atoms with Crippen molar-refractivity contribution < 1.29 is 14.7 Å². The molecule has 0 aromatic heterocycles. The molecule has 5 nitrogen and oxygen atoms in total. The standard InChI is InChI=1S/C14H24N2O3/c1-10(11-3-2-6-15-8-11)7-13(17)16(9-14(18)19)12-4-5-12/h10-12,15H,2-9H2,1H3,(H,18,19). The largest absolute Gasteiger partial charge is 0.480 e. The summed E-state index contributed by atoms with van der Waals surface area (Å²) in [6.07, 6.45) is 4.74. The lowest BCUT2D eigenvalue weighted by Gasteiger charge is -2.29. The van der Waals surface area contributed by atoms with Crippen LogP contribution in [-0.2, 0) is 9.59 Å². The van der Waals surface area contributed by atoms with E-state index in [4.69, 9.17) is 5.11 Å². The molecule has 5 heteroatoms. The molecule has 1 aliphatic carbocycles. The van der Waals surface area contributed by atoms with Crippen LogP contribution in [-0.4, -0.2) is 47.6 Å². The predicted molar refractivity (Wildman–Crippen MR) is 71.7 cm³/mol. The van der Waals surface area contributed by atoms with Crippen molar-refractivity contribution in [2.24, 2.45) is 11.8 Å². The zero-order valence-electron chi connectivity index (χ0n) is 11.6. The Morgan fingerprint density at radius 1 is 1.37 bits per heavy atom. The van der Waals surface area contributed by atoms with Crippen molar-refractivity contribution in [1.82, 2.24) is 10.2 Å². The summed E-state index contributed by atoms with van der Waals surface area (Å²) in [5.41, 5.74) is 0. The van der Waals surface area contributed by atoms with Gasteiger partial charge in [0.15, 0.2) is 0 Å². The Labute approximate surface area is 114 Å². The van der Waals surface area contributed by atoms with Gasteiger partial charge in [-0.15, -0.1) is 0 Å². The van der Waals surface area contributed by atoms with Crippen molar-refractivity contribution in [3.8, 4) is 0 Å². The van der Waals surface area contributed by atoms with Crippen LogP contribution >= 0.6 is 0 Å². The van der Waals surface area contributed by atoms with E-state index in [0.29, 0.717) is 18.3 Å². The average molecular weight is 268 g/mol. The van der Waals surface area contributed by atoms with Crippen LogP contribution in [0.1, 0.15) is 39.0 Å². The highest BCUT2D eigenvalue weighted by Gasteiger charge is 2.35. The van der Waals surface area contributed by atoms with Crippen molar-refractivity contribution in [2.75, 3.05) is 19.6 Å². The molecule has 2 rings (SSSR count). The van der Waals surface area contributed by atoms with Gasteiger partial charge in [0.2, 0.25) is 5.91 Å². The van der Waals surface area contributed by atoms with Crippen LogP contribution in [0, 0.1) is 11.8 Å². The number of hydrogen-bond donors (Lipinski definition) is 2. The summed E-state index contributed by atoms with van der Waals surface area (Å²) < 4.78 is 0. The fourth-order valence-corrected chi connectivity index (χ4v) is 2.88. The van der Waals surface area contributed by atoms with Gasteiger partial charge >= 0.3 is 5.97 Å². The summed E-state index contributed by atoms with van der Waals surface area (Å²) in [6, 6.07) is 0.181. The molecule has 0 aromatic rings. The van der Waals surface area contributed by atoms with Gasteiger partial charge in [-0.1, -0.05) is 6.92 Å². The Morgan fingerprint density at radius 2 is 2.11 bits per heavy atom. The molecule has 2 N–H and O–H groups in total. The summed E-state index contributed by atoms with van der Waals surface area (Å²) in [7, 11) is 0. The Morgan fingerprint density at radius 3 is 2.63 bits per heavy atom. The molecule has 19 heavy (non-hydrogen) atoms. The minimum Gasteiger partial charge on any atom is -0.480 e. The maximum Gasteiger partial charge on any atom is 0.323 e. The van der Waals surface area contributed by atoms with Crippen molar-refractivity contribution >= 4 is 11.9 Å². The first-order valence-electron chi connectivity index (χ1n) is 7.30. The molecule has 2 atom stereocenters. The first-order chi connectivity index (χ1) is 9.08. The summed E-state index contributed by atoms with van der Waals surface area (Å²) in [6.45, 7) is 4.03. The third kappa shape index (κ3) is 4.20. The maximum absolute atomic E-state index is 12.3. The monoisotopic (exact) mass is 268 g/mol. The number of aliphatic carboxylic acids is 1. The molecule has 1 amide bonds. The van der Waals surface area contributed by atoms with E-state index in [-0.39, 0.29) is 18.5 Å². The van der Waals surface area contributed by atoms with Gasteiger partial charge in [-0.25, -0.2) is 0 Å². The number of nitrogens with one attached hydrogen (secondary N) is 1. The zero-order chi connectivity index (χ0) is 13.8. The van der Waals surface area contributed by atoms with Crippen LogP contribution < -0.4 is 5.32 Å². The number of rotatable bonds is 6. The Balaban J connectivity index is 1.85. The van der Waals surface area contributed by atoms with Gasteiger partial charge < -0.3 is 15.3 Å². The summed E-state index contributed by atoms with van der Waals surface area (Å²) >= 11 is 0. The highest BCUT2D eigenvalue weighted by molar-refractivity contribution is 5.82. The highest BCUT2D eigenvalue weighted by atomic mass is 16.4. The number of piperidine rings is 1. The predicted octanol–water partition coefficient (Wildman–Crippen LogP) is 1.09. The fourth-order valence-electron chi connectivity index (χ4n) is 2.88. The minimum absolute atomic E-state index is 0.0166. The fraction of sp³-hybridized carbons (Fsp3) is 0.857. The molecule has 2 fully saturated rings. The zero-order valence-corrected chi connectivity index (χ0v) is 11.6. The summed E-state index contributed by atoms with van der Waals surface area (Å²) in [4.78, 5) is 24.6. The van der Waals surface area contributed by atoms with Crippen LogP contribution in [0.25, 0.3) is 0 Å². The lowest BCUT2D eigenvalue weighted by molar-refractivity contribution is -0.145. The van der Waals surface area contributed by atoms with Crippen molar-refractivity contribution in [3.05, 3.63) is 0 Å². The van der Waals surface area contributed by atoms with Gasteiger partial charge in [0.1, 0.15) is 6.54 Å². The molecule has 1 saturated heterocycles. The third-order valence-corrected chi connectivity index (χ3v) is 4.25. The average Bonchev–Trinajstić information content (AvgIpc) is 3.21. The molecule has 0 radical (unpaired) electrons. The number of nitrogens with zero attached hydrogens (tertiary/aromatic N) is 1. The number of carbonyl (C=O) groups excluding carboxylic acids is 1. The molecular weight excluding hydrogens is 244 g/mol. The second-order valence-corrected chi connectivity index (χ2v) is 5.93. The number of carboxylic acid groups (broad SMARTS) is 1. The van der Waals surface area contributed by atoms with Gasteiger partial charge in [-0.05, 0) is 50.6 Å². The number of hydrogen-bond acceptors (Lipinski definition) is 3. The van der Waals surface area contributed by atoms with Crippen molar-refractivity contribution in [2.45, 2.75) is 45.1 Å². The summed E-state index contributed by atoms with van der Waals surface area (Å²) in [5.74, 6) is -0.0193. The van der Waals surface area contributed by atoms with E-state index in [1.54, 1.807) is 4.90 Å². The first-order valence-corrected chi connectivity index (χ1v) is 7.30. The van der Waals surface area contributed by atoms with E-state index in [9.17, 15) is 9.59 Å². The molecule has 108 valence electrons. The smallest absolute Gasteiger partial charge is 0.323 e. The second-order valence-electron chi connectivity index (χ2n) is 5.93. The van der Waals surface area contributed by atoms with Gasteiger partial charge in [0.05, 0.1) is 0 Å². The molecule has 2 unspecified atom stereocenters. The lowest BCUT2D eigenvalue weighted by atomic mass is 9.85. The van der Waals surface area contributed by atoms with Crippen LogP contribution in [0.5, 0.6) is 0 Å². The molecule has 1 aliphatic heterocycles. The molecule has 2 aliphatic rings. The highest BCUT2D eigenvalue weighted by Crippen LogP contribution is 2.29. The molecule has 1 heterocycles. The van der Waals surface area contributed by atoms with Crippen LogP contribution in [0.4, 0.5) is 0 Å². The van der Waals surface area contributed by atoms with Gasteiger partial charge in [-0.3, -0.25) is 9.59 Å². The van der Waals surface area contributed by atoms with Crippen LogP contribution in [0.3, 0.4) is 0 Å². The number of carbonyl (C=O) groups is 2.